The number of hydroxylamine groups is 2. The molecule has 1 aliphatic heterocycles. The van der Waals surface area contributed by atoms with Crippen LogP contribution in [0, 0.1) is 0 Å². The van der Waals surface area contributed by atoms with Gasteiger partial charge in [0.15, 0.2) is 0 Å². The lowest BCUT2D eigenvalue weighted by molar-refractivity contribution is -0.0768. The molecule has 1 aliphatic rings. The second-order valence-corrected chi connectivity index (χ2v) is 5.95. The first kappa shape index (κ1) is 14.0. The molecule has 2 heterocycles. The zero-order valence-electron chi connectivity index (χ0n) is 12.2. The number of aliphatic hydroxyl groups excluding tert-OH is 1. The lowest BCUT2D eigenvalue weighted by Crippen LogP contribution is -2.26. The van der Waals surface area contributed by atoms with Crippen LogP contribution in [0.1, 0.15) is 36.5 Å². The molecular formula is C15H19N3O3. The minimum atomic E-state index is -0.443. The summed E-state index contributed by atoms with van der Waals surface area (Å²) >= 11 is 0. The second-order valence-electron chi connectivity index (χ2n) is 5.95. The number of carbonyl (C=O) groups is 1. The van der Waals surface area contributed by atoms with Gasteiger partial charge in [-0.15, -0.1) is 0 Å². The number of aromatic nitrogens is 2. The van der Waals surface area contributed by atoms with E-state index in [0.29, 0.717) is 24.5 Å². The van der Waals surface area contributed by atoms with Gasteiger partial charge in [0.1, 0.15) is 5.82 Å². The maximum absolute atomic E-state index is 12.3. The minimum Gasteiger partial charge on any atom is -0.395 e. The third-order valence-electron chi connectivity index (χ3n) is 3.74. The van der Waals surface area contributed by atoms with Gasteiger partial charge in [-0.25, -0.2) is 10.0 Å². The van der Waals surface area contributed by atoms with Crippen molar-refractivity contribution < 1.29 is 14.7 Å². The minimum absolute atomic E-state index is 0.000226. The number of carbonyl (C=O) groups excluding carboxylic acids is 1. The van der Waals surface area contributed by atoms with Gasteiger partial charge in [0, 0.05) is 11.0 Å². The van der Waals surface area contributed by atoms with Crippen LogP contribution in [0.25, 0.3) is 11.0 Å². The van der Waals surface area contributed by atoms with Crippen LogP contribution in [0.5, 0.6) is 0 Å². The van der Waals surface area contributed by atoms with E-state index in [-0.39, 0.29) is 12.5 Å². The Morgan fingerprint density at radius 2 is 2.33 bits per heavy atom. The van der Waals surface area contributed by atoms with Gasteiger partial charge in [0.2, 0.25) is 0 Å². The predicted octanol–water partition coefficient (Wildman–Crippen LogP) is 1.61. The topological polar surface area (TPSA) is 78.5 Å². The maximum atomic E-state index is 12.3. The monoisotopic (exact) mass is 289 g/mol. The standard InChI is InChI=1S/C15H19N3O3/c1-15(2,9-19)14-16-11-5-4-10(8-12(11)17-14)13(20)18-6-3-7-21-18/h4-5,8,19H,3,6-7,9H2,1-2H3,(H,16,17). The zero-order valence-corrected chi connectivity index (χ0v) is 12.2. The van der Waals surface area contributed by atoms with E-state index < -0.39 is 5.41 Å². The molecule has 0 saturated carbocycles. The van der Waals surface area contributed by atoms with Crippen LogP contribution < -0.4 is 0 Å². The molecule has 0 unspecified atom stereocenters. The van der Waals surface area contributed by atoms with Gasteiger partial charge in [0.05, 0.1) is 30.8 Å². The average Bonchev–Trinajstić information content (AvgIpc) is 3.14. The van der Waals surface area contributed by atoms with Gasteiger partial charge >= 0.3 is 0 Å². The van der Waals surface area contributed by atoms with Crippen LogP contribution in [0.3, 0.4) is 0 Å². The van der Waals surface area contributed by atoms with Crippen LogP contribution in [-0.4, -0.2) is 45.8 Å². The first-order chi connectivity index (χ1) is 10.0. The Morgan fingerprint density at radius 1 is 1.52 bits per heavy atom. The number of nitrogens with one attached hydrogen (secondary N) is 1. The number of fused-ring (bicyclic) bond motifs is 1. The van der Waals surface area contributed by atoms with Crippen molar-refractivity contribution in [2.45, 2.75) is 25.7 Å². The predicted molar refractivity (Wildman–Crippen MR) is 77.8 cm³/mol. The van der Waals surface area contributed by atoms with E-state index in [2.05, 4.69) is 9.97 Å². The Hall–Kier alpha value is -1.92. The molecule has 1 aromatic heterocycles. The smallest absolute Gasteiger partial charge is 0.277 e. The van der Waals surface area contributed by atoms with Crippen molar-refractivity contribution >= 4 is 16.9 Å². The molecule has 2 aromatic rings. The SMILES string of the molecule is CC(C)(CO)c1nc2ccc(C(=O)N3CCCO3)cc2[nH]1. The number of rotatable bonds is 3. The van der Waals surface area contributed by atoms with Crippen molar-refractivity contribution in [3.8, 4) is 0 Å². The Balaban J connectivity index is 1.94. The molecule has 1 fully saturated rings. The molecule has 1 saturated heterocycles. The molecule has 1 aromatic carbocycles. The number of aromatic amines is 1. The van der Waals surface area contributed by atoms with Crippen molar-refractivity contribution in [3.63, 3.8) is 0 Å². The quantitative estimate of drug-likeness (QED) is 0.900. The highest BCUT2D eigenvalue weighted by molar-refractivity contribution is 5.96. The third kappa shape index (κ3) is 2.52. The number of H-pyrrole nitrogens is 1. The summed E-state index contributed by atoms with van der Waals surface area (Å²) in [5.74, 6) is 0.578. The normalized spacial score (nSPS) is 15.9. The fourth-order valence-electron chi connectivity index (χ4n) is 2.29. The van der Waals surface area contributed by atoms with E-state index in [4.69, 9.17) is 4.84 Å². The van der Waals surface area contributed by atoms with Crippen molar-refractivity contribution in [2.24, 2.45) is 0 Å². The highest BCUT2D eigenvalue weighted by Crippen LogP contribution is 2.24. The van der Waals surface area contributed by atoms with Crippen molar-refractivity contribution in [2.75, 3.05) is 19.8 Å². The molecule has 3 rings (SSSR count). The van der Waals surface area contributed by atoms with Gasteiger partial charge in [-0.1, -0.05) is 13.8 Å². The summed E-state index contributed by atoms with van der Waals surface area (Å²) in [6.07, 6.45) is 0.868. The zero-order chi connectivity index (χ0) is 15.0. The van der Waals surface area contributed by atoms with Gasteiger partial charge in [-0.2, -0.15) is 0 Å². The van der Waals surface area contributed by atoms with Crippen LogP contribution in [0.4, 0.5) is 0 Å². The highest BCUT2D eigenvalue weighted by Gasteiger charge is 2.25. The van der Waals surface area contributed by atoms with Gasteiger partial charge in [-0.3, -0.25) is 9.63 Å². The summed E-state index contributed by atoms with van der Waals surface area (Å²) < 4.78 is 0. The summed E-state index contributed by atoms with van der Waals surface area (Å²) in [5, 5.41) is 10.8. The number of benzene rings is 1. The molecule has 0 aliphatic carbocycles. The van der Waals surface area contributed by atoms with Crippen molar-refractivity contribution in [3.05, 3.63) is 29.6 Å². The molecule has 6 heteroatoms. The van der Waals surface area contributed by atoms with Gasteiger partial charge in [0.25, 0.3) is 5.91 Å². The fourth-order valence-corrected chi connectivity index (χ4v) is 2.29. The molecule has 0 bridgehead atoms. The number of imidazole rings is 1. The van der Waals surface area contributed by atoms with Crippen LogP contribution in [-0.2, 0) is 10.3 Å². The first-order valence-corrected chi connectivity index (χ1v) is 7.07. The molecule has 2 N–H and O–H groups in total. The van der Waals surface area contributed by atoms with Gasteiger partial charge < -0.3 is 10.1 Å². The molecule has 6 nitrogen and oxygen atoms in total. The first-order valence-electron chi connectivity index (χ1n) is 7.07. The average molecular weight is 289 g/mol. The summed E-state index contributed by atoms with van der Waals surface area (Å²) in [7, 11) is 0. The number of nitrogens with zero attached hydrogens (tertiary/aromatic N) is 2. The number of hydrogen-bond acceptors (Lipinski definition) is 4. The lowest BCUT2D eigenvalue weighted by atomic mass is 9.94. The van der Waals surface area contributed by atoms with E-state index in [1.807, 2.05) is 19.9 Å². The Labute approximate surface area is 122 Å². The highest BCUT2D eigenvalue weighted by atomic mass is 16.7. The molecule has 0 atom stereocenters. The lowest BCUT2D eigenvalue weighted by Gasteiger charge is -2.17. The molecular weight excluding hydrogens is 270 g/mol. The molecule has 1 amide bonds. The summed E-state index contributed by atoms with van der Waals surface area (Å²) in [5.41, 5.74) is 1.70. The molecule has 0 radical (unpaired) electrons. The summed E-state index contributed by atoms with van der Waals surface area (Å²) in [4.78, 5) is 25.2. The number of aliphatic hydroxyl groups is 1. The van der Waals surface area contributed by atoms with Crippen molar-refractivity contribution in [1.82, 2.24) is 15.0 Å². The number of amides is 1. The largest absolute Gasteiger partial charge is 0.395 e. The summed E-state index contributed by atoms with van der Waals surface area (Å²) in [6.45, 7) is 5.04. The number of hydrogen-bond donors (Lipinski definition) is 2. The fraction of sp³-hybridized carbons (Fsp3) is 0.467. The van der Waals surface area contributed by atoms with E-state index in [0.717, 1.165) is 17.5 Å². The maximum Gasteiger partial charge on any atom is 0.277 e. The van der Waals surface area contributed by atoms with Crippen LogP contribution in [0.2, 0.25) is 0 Å². The summed E-state index contributed by atoms with van der Waals surface area (Å²) in [6, 6.07) is 5.35. The van der Waals surface area contributed by atoms with Crippen LogP contribution in [0.15, 0.2) is 18.2 Å². The van der Waals surface area contributed by atoms with E-state index >= 15 is 0 Å². The van der Waals surface area contributed by atoms with E-state index in [1.165, 1.54) is 5.06 Å². The molecule has 112 valence electrons. The molecule has 0 spiro atoms. The molecule has 21 heavy (non-hydrogen) atoms. The van der Waals surface area contributed by atoms with Crippen LogP contribution >= 0.6 is 0 Å². The Bertz CT molecular complexity index is 672. The third-order valence-corrected chi connectivity index (χ3v) is 3.74. The Morgan fingerprint density at radius 3 is 3.00 bits per heavy atom. The second kappa shape index (κ2) is 5.13. The van der Waals surface area contributed by atoms with Crippen molar-refractivity contribution in [1.29, 1.82) is 0 Å². The Kier molecular flexibility index (Phi) is 3.43. The van der Waals surface area contributed by atoms with E-state index in [1.54, 1.807) is 12.1 Å². The van der Waals surface area contributed by atoms with E-state index in [9.17, 15) is 9.90 Å². The van der Waals surface area contributed by atoms with Gasteiger partial charge in [-0.05, 0) is 24.6 Å².